The van der Waals surface area contributed by atoms with Gasteiger partial charge < -0.3 is 4.90 Å². The Morgan fingerprint density at radius 2 is 1.92 bits per heavy atom. The van der Waals surface area contributed by atoms with E-state index in [0.717, 1.165) is 37.4 Å². The number of aromatic nitrogens is 2. The Morgan fingerprint density at radius 3 is 2.56 bits per heavy atom. The second-order valence-electron chi connectivity index (χ2n) is 6.78. The van der Waals surface area contributed by atoms with Crippen molar-refractivity contribution in [2.45, 2.75) is 38.4 Å². The maximum absolute atomic E-state index is 12.4. The van der Waals surface area contributed by atoms with Crippen LogP contribution in [0.25, 0.3) is 0 Å². The van der Waals surface area contributed by atoms with Gasteiger partial charge in [-0.25, -0.2) is 9.97 Å². The largest absolute Gasteiger partial charge is 0.342 e. The van der Waals surface area contributed by atoms with Gasteiger partial charge in [0.2, 0.25) is 5.91 Å². The summed E-state index contributed by atoms with van der Waals surface area (Å²) in [7, 11) is 0. The minimum absolute atomic E-state index is 0.260. The normalized spacial score (nSPS) is 15.4. The number of piperidine rings is 1. The molecule has 2 heterocycles. The maximum atomic E-state index is 12.4. The van der Waals surface area contributed by atoms with Crippen LogP contribution in [-0.2, 0) is 10.5 Å². The van der Waals surface area contributed by atoms with Crippen molar-refractivity contribution < 1.29 is 4.79 Å². The van der Waals surface area contributed by atoms with E-state index in [1.807, 2.05) is 11.0 Å². The first-order valence-corrected chi connectivity index (χ1v) is 9.96. The lowest BCUT2D eigenvalue weighted by molar-refractivity contribution is -0.129. The Labute approximate surface area is 154 Å². The average molecular weight is 356 g/mol. The van der Waals surface area contributed by atoms with Crippen LogP contribution in [0, 0.1) is 13.8 Å². The van der Waals surface area contributed by atoms with Crippen LogP contribution in [0.2, 0.25) is 0 Å². The summed E-state index contributed by atoms with van der Waals surface area (Å²) in [6, 6.07) is 8.58. The first kappa shape index (κ1) is 17.9. The highest BCUT2D eigenvalue weighted by atomic mass is 32.2. The summed E-state index contributed by atoms with van der Waals surface area (Å²) in [5.41, 5.74) is 4.98. The molecule has 0 spiro atoms. The van der Waals surface area contributed by atoms with Crippen molar-refractivity contribution in [3.8, 4) is 0 Å². The van der Waals surface area contributed by atoms with E-state index >= 15 is 0 Å². The van der Waals surface area contributed by atoms with E-state index in [1.165, 1.54) is 16.7 Å². The number of amides is 1. The number of hydrogen-bond acceptors (Lipinski definition) is 4. The Kier molecular flexibility index (Phi) is 6.08. The van der Waals surface area contributed by atoms with E-state index in [0.29, 0.717) is 11.7 Å². The molecule has 2 aromatic rings. The first-order chi connectivity index (χ1) is 12.1. The van der Waals surface area contributed by atoms with Crippen molar-refractivity contribution in [2.75, 3.05) is 18.8 Å². The number of carbonyl (C=O) groups is 1. The lowest BCUT2D eigenvalue weighted by Crippen LogP contribution is -2.39. The molecule has 25 heavy (non-hydrogen) atoms. The van der Waals surface area contributed by atoms with Crippen LogP contribution < -0.4 is 0 Å². The zero-order chi connectivity index (χ0) is 17.6. The van der Waals surface area contributed by atoms with Crippen molar-refractivity contribution in [1.29, 1.82) is 0 Å². The first-order valence-electron chi connectivity index (χ1n) is 8.80. The fourth-order valence-corrected chi connectivity index (χ4v) is 4.33. The monoisotopic (exact) mass is 355 g/mol. The molecule has 0 unspecified atom stereocenters. The highest BCUT2D eigenvalue weighted by Gasteiger charge is 2.24. The highest BCUT2D eigenvalue weighted by Crippen LogP contribution is 2.26. The Morgan fingerprint density at radius 1 is 1.20 bits per heavy atom. The molecule has 0 aliphatic carbocycles. The Hall–Kier alpha value is -1.88. The number of likely N-dealkylation sites (tertiary alicyclic amines) is 1. The zero-order valence-electron chi connectivity index (χ0n) is 14.9. The molecule has 4 nitrogen and oxygen atoms in total. The number of benzene rings is 1. The standard InChI is InChI=1S/C20H25N3OS/c1-15-9-16(2)11-17(10-15)12-25-13-20(24)23-7-4-18(5-8-23)19-3-6-21-14-22-19/h3,6,9-11,14,18H,4-5,7-8,12-13H2,1-2H3. The van der Waals surface area contributed by atoms with Gasteiger partial charge >= 0.3 is 0 Å². The van der Waals surface area contributed by atoms with Gasteiger partial charge in [0, 0.05) is 36.7 Å². The van der Waals surface area contributed by atoms with Crippen molar-refractivity contribution in [1.82, 2.24) is 14.9 Å². The predicted molar refractivity (Wildman–Crippen MR) is 103 cm³/mol. The van der Waals surface area contributed by atoms with Crippen LogP contribution in [0.4, 0.5) is 0 Å². The van der Waals surface area contributed by atoms with Gasteiger partial charge in [-0.15, -0.1) is 11.8 Å². The summed E-state index contributed by atoms with van der Waals surface area (Å²) in [6.45, 7) is 5.90. The van der Waals surface area contributed by atoms with Gasteiger partial charge in [-0.3, -0.25) is 4.79 Å². The smallest absolute Gasteiger partial charge is 0.232 e. The molecular formula is C20H25N3OS. The molecule has 3 rings (SSSR count). The van der Waals surface area contributed by atoms with Crippen molar-refractivity contribution in [2.24, 2.45) is 0 Å². The number of aryl methyl sites for hydroxylation is 2. The van der Waals surface area contributed by atoms with E-state index in [-0.39, 0.29) is 5.91 Å². The van der Waals surface area contributed by atoms with Crippen LogP contribution >= 0.6 is 11.8 Å². The minimum atomic E-state index is 0.260. The van der Waals surface area contributed by atoms with Crippen LogP contribution in [0.5, 0.6) is 0 Å². The molecule has 1 saturated heterocycles. The summed E-state index contributed by atoms with van der Waals surface area (Å²) in [4.78, 5) is 22.8. The molecule has 1 aliphatic rings. The molecule has 132 valence electrons. The molecule has 1 aromatic heterocycles. The second-order valence-corrected chi connectivity index (χ2v) is 7.76. The van der Waals surface area contributed by atoms with Crippen molar-refractivity contribution in [3.63, 3.8) is 0 Å². The lowest BCUT2D eigenvalue weighted by atomic mass is 9.93. The highest BCUT2D eigenvalue weighted by molar-refractivity contribution is 7.99. The fourth-order valence-electron chi connectivity index (χ4n) is 3.47. The van der Waals surface area contributed by atoms with Gasteiger partial charge in [-0.2, -0.15) is 0 Å². The van der Waals surface area contributed by atoms with Gasteiger partial charge in [0.25, 0.3) is 0 Å². The van der Waals surface area contributed by atoms with Gasteiger partial charge in [0.15, 0.2) is 0 Å². The van der Waals surface area contributed by atoms with E-state index in [4.69, 9.17) is 0 Å². The lowest BCUT2D eigenvalue weighted by Gasteiger charge is -2.31. The summed E-state index contributed by atoms with van der Waals surface area (Å²) >= 11 is 1.71. The van der Waals surface area contributed by atoms with Crippen LogP contribution in [0.15, 0.2) is 36.8 Å². The molecule has 0 N–H and O–H groups in total. The maximum Gasteiger partial charge on any atom is 0.232 e. The van der Waals surface area contributed by atoms with Gasteiger partial charge in [0.1, 0.15) is 6.33 Å². The second kappa shape index (κ2) is 8.48. The van der Waals surface area contributed by atoms with E-state index in [2.05, 4.69) is 42.0 Å². The third-order valence-corrected chi connectivity index (χ3v) is 5.64. The summed E-state index contributed by atoms with van der Waals surface area (Å²) in [5, 5.41) is 0. The molecule has 0 radical (unpaired) electrons. The molecule has 0 bridgehead atoms. The summed E-state index contributed by atoms with van der Waals surface area (Å²) in [5.74, 6) is 2.17. The van der Waals surface area contributed by atoms with Crippen LogP contribution in [0.3, 0.4) is 0 Å². The average Bonchev–Trinajstić information content (AvgIpc) is 2.62. The third-order valence-electron chi connectivity index (χ3n) is 4.65. The molecule has 1 fully saturated rings. The number of carbonyl (C=O) groups excluding carboxylic acids is 1. The van der Waals surface area contributed by atoms with Crippen molar-refractivity contribution >= 4 is 17.7 Å². The molecule has 5 heteroatoms. The van der Waals surface area contributed by atoms with Crippen molar-refractivity contribution in [3.05, 3.63) is 59.2 Å². The van der Waals surface area contributed by atoms with E-state index < -0.39 is 0 Å². The van der Waals surface area contributed by atoms with E-state index in [9.17, 15) is 4.79 Å². The number of nitrogens with zero attached hydrogens (tertiary/aromatic N) is 3. The number of hydrogen-bond donors (Lipinski definition) is 0. The molecule has 1 aromatic carbocycles. The molecule has 0 saturated carbocycles. The third kappa shape index (κ3) is 5.05. The molecule has 1 aliphatic heterocycles. The fraction of sp³-hybridized carbons (Fsp3) is 0.450. The van der Waals surface area contributed by atoms with Crippen LogP contribution in [0.1, 0.15) is 41.1 Å². The molecule has 1 amide bonds. The summed E-state index contributed by atoms with van der Waals surface area (Å²) in [6.07, 6.45) is 5.38. The number of thioether (sulfide) groups is 1. The van der Waals surface area contributed by atoms with Gasteiger partial charge in [0.05, 0.1) is 5.75 Å². The van der Waals surface area contributed by atoms with Gasteiger partial charge in [-0.1, -0.05) is 29.3 Å². The van der Waals surface area contributed by atoms with Gasteiger partial charge in [-0.05, 0) is 38.3 Å². The molecular weight excluding hydrogens is 330 g/mol. The SMILES string of the molecule is Cc1cc(C)cc(CSCC(=O)N2CCC(c3ccncn3)CC2)c1. The topological polar surface area (TPSA) is 46.1 Å². The predicted octanol–water partition coefficient (Wildman–Crippen LogP) is 3.73. The summed E-state index contributed by atoms with van der Waals surface area (Å²) < 4.78 is 0. The van der Waals surface area contributed by atoms with E-state index in [1.54, 1.807) is 24.3 Å². The Balaban J connectivity index is 1.43. The quantitative estimate of drug-likeness (QED) is 0.820. The number of rotatable bonds is 5. The zero-order valence-corrected chi connectivity index (χ0v) is 15.8. The minimum Gasteiger partial charge on any atom is -0.342 e. The van der Waals surface area contributed by atoms with Crippen LogP contribution in [-0.4, -0.2) is 39.6 Å². The molecule has 0 atom stereocenters. The Bertz CT molecular complexity index is 692.